The Labute approximate surface area is 143 Å². The Bertz CT molecular complexity index is 836. The number of carbonyl (C=O) groups is 1. The van der Waals surface area contributed by atoms with Crippen molar-refractivity contribution in [2.45, 2.75) is 29.8 Å². The van der Waals surface area contributed by atoms with E-state index in [-0.39, 0.29) is 5.91 Å². The molecule has 0 aliphatic carbocycles. The maximum absolute atomic E-state index is 12.2. The first-order chi connectivity index (χ1) is 11.5. The molecule has 8 heteroatoms. The van der Waals surface area contributed by atoms with Crippen molar-refractivity contribution in [3.63, 3.8) is 0 Å². The maximum atomic E-state index is 12.2. The van der Waals surface area contributed by atoms with Crippen LogP contribution in [0.2, 0.25) is 0 Å². The monoisotopic (exact) mass is 342 g/mol. The highest BCUT2D eigenvalue weighted by Gasteiger charge is 2.12. The summed E-state index contributed by atoms with van der Waals surface area (Å²) in [6, 6.07) is 9.34. The number of hydrogen-bond acceptors (Lipinski definition) is 5. The van der Waals surface area contributed by atoms with Gasteiger partial charge in [-0.3, -0.25) is 9.89 Å². The fourth-order valence-electron chi connectivity index (χ4n) is 2.02. The van der Waals surface area contributed by atoms with Gasteiger partial charge in [-0.1, -0.05) is 13.8 Å². The lowest BCUT2D eigenvalue weighted by Crippen LogP contribution is -2.12. The average Bonchev–Trinajstić information content (AvgIpc) is 3.19. The molecule has 2 heterocycles. The Kier molecular flexibility index (Phi) is 4.66. The number of benzene rings is 1. The molecule has 3 rings (SSSR count). The van der Waals surface area contributed by atoms with Gasteiger partial charge in [0.2, 0.25) is 0 Å². The van der Waals surface area contributed by atoms with E-state index in [1.54, 1.807) is 12.4 Å². The first kappa shape index (κ1) is 16.3. The van der Waals surface area contributed by atoms with Gasteiger partial charge < -0.3 is 9.88 Å². The van der Waals surface area contributed by atoms with Crippen LogP contribution in [0, 0.1) is 0 Å². The third-order valence-electron chi connectivity index (χ3n) is 3.44. The smallest absolute Gasteiger partial charge is 0.276 e. The second kappa shape index (κ2) is 6.88. The Balaban J connectivity index is 1.65. The van der Waals surface area contributed by atoms with Crippen LogP contribution in [-0.4, -0.2) is 30.9 Å². The van der Waals surface area contributed by atoms with E-state index < -0.39 is 0 Å². The molecule has 0 atom stereocenters. The molecule has 0 unspecified atom stereocenters. The van der Waals surface area contributed by atoms with Crippen molar-refractivity contribution in [3.8, 4) is 0 Å². The molecule has 0 radical (unpaired) electrons. The summed E-state index contributed by atoms with van der Waals surface area (Å²) < 4.78 is 1.85. The fourth-order valence-corrected chi connectivity index (χ4v) is 2.78. The van der Waals surface area contributed by atoms with Crippen LogP contribution in [0.1, 0.15) is 35.9 Å². The fraction of sp³-hybridized carbons (Fsp3) is 0.250. The molecular weight excluding hydrogens is 324 g/mol. The number of aromatic amines is 1. The third kappa shape index (κ3) is 3.65. The zero-order valence-corrected chi connectivity index (χ0v) is 14.5. The van der Waals surface area contributed by atoms with Crippen molar-refractivity contribution in [2.75, 3.05) is 5.32 Å². The standard InChI is InChI=1S/C16H18N6OS/c1-10(2)13-8-14(20-19-13)15(23)18-11-4-6-12(7-5-11)24-16-21-17-9-22(16)3/h4-10H,1-3H3,(H,18,23)(H,19,20). The number of rotatable bonds is 5. The van der Waals surface area contributed by atoms with Gasteiger partial charge in [0.05, 0.1) is 0 Å². The summed E-state index contributed by atoms with van der Waals surface area (Å²) in [6.45, 7) is 4.09. The van der Waals surface area contributed by atoms with Gasteiger partial charge in [-0.15, -0.1) is 10.2 Å². The first-order valence-electron chi connectivity index (χ1n) is 7.51. The van der Waals surface area contributed by atoms with E-state index in [1.807, 2.05) is 49.7 Å². The van der Waals surface area contributed by atoms with E-state index in [4.69, 9.17) is 0 Å². The summed E-state index contributed by atoms with van der Waals surface area (Å²) >= 11 is 1.51. The van der Waals surface area contributed by atoms with Crippen molar-refractivity contribution < 1.29 is 4.79 Å². The number of carbonyl (C=O) groups excluding carboxylic acids is 1. The molecular formula is C16H18N6OS. The molecule has 0 aliphatic heterocycles. The lowest BCUT2D eigenvalue weighted by Gasteiger charge is -2.05. The van der Waals surface area contributed by atoms with Gasteiger partial charge in [-0.05, 0) is 48.0 Å². The summed E-state index contributed by atoms with van der Waals surface area (Å²) in [6.07, 6.45) is 1.66. The van der Waals surface area contributed by atoms with Crippen molar-refractivity contribution in [2.24, 2.45) is 7.05 Å². The van der Waals surface area contributed by atoms with E-state index in [9.17, 15) is 4.79 Å². The molecule has 1 aromatic carbocycles. The number of hydrogen-bond donors (Lipinski definition) is 2. The highest BCUT2D eigenvalue weighted by atomic mass is 32.2. The van der Waals surface area contributed by atoms with Crippen LogP contribution < -0.4 is 5.32 Å². The number of amides is 1. The van der Waals surface area contributed by atoms with E-state index in [0.29, 0.717) is 11.6 Å². The number of nitrogens with one attached hydrogen (secondary N) is 2. The summed E-state index contributed by atoms with van der Waals surface area (Å²) in [5.74, 6) is 0.0721. The molecule has 0 aliphatic rings. The molecule has 0 fully saturated rings. The van der Waals surface area contributed by atoms with E-state index in [2.05, 4.69) is 25.7 Å². The van der Waals surface area contributed by atoms with Crippen LogP contribution in [0.3, 0.4) is 0 Å². The molecule has 124 valence electrons. The Hall–Kier alpha value is -2.61. The number of aryl methyl sites for hydroxylation is 1. The minimum Gasteiger partial charge on any atom is -0.321 e. The van der Waals surface area contributed by atoms with Gasteiger partial charge >= 0.3 is 0 Å². The Morgan fingerprint density at radius 1 is 1.29 bits per heavy atom. The molecule has 0 spiro atoms. The van der Waals surface area contributed by atoms with E-state index in [0.717, 1.165) is 21.4 Å². The summed E-state index contributed by atoms with van der Waals surface area (Å²) in [5.41, 5.74) is 2.04. The predicted octanol–water partition coefficient (Wildman–Crippen LogP) is 3.07. The Morgan fingerprint density at radius 2 is 2.04 bits per heavy atom. The van der Waals surface area contributed by atoms with Crippen molar-refractivity contribution >= 4 is 23.4 Å². The van der Waals surface area contributed by atoms with Crippen LogP contribution in [0.25, 0.3) is 0 Å². The van der Waals surface area contributed by atoms with Gasteiger partial charge in [0.1, 0.15) is 6.33 Å². The lowest BCUT2D eigenvalue weighted by molar-refractivity contribution is 0.102. The van der Waals surface area contributed by atoms with Crippen molar-refractivity contribution in [1.29, 1.82) is 0 Å². The largest absolute Gasteiger partial charge is 0.321 e. The second-order valence-corrected chi connectivity index (χ2v) is 6.71. The molecule has 24 heavy (non-hydrogen) atoms. The van der Waals surface area contributed by atoms with Crippen LogP contribution in [-0.2, 0) is 7.05 Å². The maximum Gasteiger partial charge on any atom is 0.276 e. The van der Waals surface area contributed by atoms with Gasteiger partial charge in [0.15, 0.2) is 10.9 Å². The topological polar surface area (TPSA) is 88.5 Å². The number of aromatic nitrogens is 5. The zero-order chi connectivity index (χ0) is 17.1. The first-order valence-corrected chi connectivity index (χ1v) is 8.33. The average molecular weight is 342 g/mol. The number of nitrogens with zero attached hydrogens (tertiary/aromatic N) is 4. The van der Waals surface area contributed by atoms with Crippen molar-refractivity contribution in [1.82, 2.24) is 25.0 Å². The molecule has 0 bridgehead atoms. The third-order valence-corrected chi connectivity index (χ3v) is 4.50. The van der Waals surface area contributed by atoms with Gasteiger partial charge in [0, 0.05) is 23.3 Å². The quantitative estimate of drug-likeness (QED) is 0.744. The zero-order valence-electron chi connectivity index (χ0n) is 13.6. The van der Waals surface area contributed by atoms with Crippen LogP contribution in [0.5, 0.6) is 0 Å². The van der Waals surface area contributed by atoms with Crippen LogP contribution in [0.15, 0.2) is 46.7 Å². The van der Waals surface area contributed by atoms with E-state index >= 15 is 0 Å². The summed E-state index contributed by atoms with van der Waals surface area (Å²) in [4.78, 5) is 13.2. The number of H-pyrrole nitrogens is 1. The van der Waals surface area contributed by atoms with Gasteiger partial charge in [-0.25, -0.2) is 0 Å². The molecule has 7 nitrogen and oxygen atoms in total. The molecule has 3 aromatic rings. The molecule has 2 N–H and O–H groups in total. The van der Waals surface area contributed by atoms with Crippen LogP contribution in [0.4, 0.5) is 5.69 Å². The SMILES string of the molecule is CC(C)c1cc(C(=O)Nc2ccc(Sc3nncn3C)cc2)n[nH]1. The molecule has 0 saturated heterocycles. The summed E-state index contributed by atoms with van der Waals surface area (Å²) in [7, 11) is 1.90. The Morgan fingerprint density at radius 3 is 2.62 bits per heavy atom. The van der Waals surface area contributed by atoms with Crippen molar-refractivity contribution in [3.05, 3.63) is 48.0 Å². The highest BCUT2D eigenvalue weighted by Crippen LogP contribution is 2.26. The minimum atomic E-state index is -0.230. The molecule has 1 amide bonds. The van der Waals surface area contributed by atoms with Gasteiger partial charge in [-0.2, -0.15) is 5.10 Å². The van der Waals surface area contributed by atoms with Crippen LogP contribution >= 0.6 is 11.8 Å². The second-order valence-electron chi connectivity index (χ2n) is 5.67. The highest BCUT2D eigenvalue weighted by molar-refractivity contribution is 7.99. The lowest BCUT2D eigenvalue weighted by atomic mass is 10.1. The van der Waals surface area contributed by atoms with E-state index in [1.165, 1.54) is 11.8 Å². The summed E-state index contributed by atoms with van der Waals surface area (Å²) in [5, 5.41) is 18.5. The predicted molar refractivity (Wildman–Crippen MR) is 92.2 cm³/mol. The molecule has 0 saturated carbocycles. The minimum absolute atomic E-state index is 0.230. The van der Waals surface area contributed by atoms with Gasteiger partial charge in [0.25, 0.3) is 5.91 Å². The number of anilines is 1. The molecule has 2 aromatic heterocycles. The normalized spacial score (nSPS) is 11.0.